The molecule has 2 rings (SSSR count). The van der Waals surface area contributed by atoms with Crippen molar-refractivity contribution >= 4 is 11.9 Å². The third-order valence-electron chi connectivity index (χ3n) is 3.74. The minimum absolute atomic E-state index is 0.150. The van der Waals surface area contributed by atoms with E-state index in [1.54, 1.807) is 0 Å². The fraction of sp³-hybridized carbons (Fsp3) is 0.600. The molecule has 2 N–H and O–H groups in total. The number of carbonyl (C=O) groups excluding carboxylic acids is 2. The molecule has 0 aromatic heterocycles. The number of likely N-dealkylation sites (tertiary alicyclic amines) is 1. The Balaban J connectivity index is 1.72. The smallest absolute Gasteiger partial charge is 0.319 e. The van der Waals surface area contributed by atoms with Gasteiger partial charge < -0.3 is 15.5 Å². The van der Waals surface area contributed by atoms with Crippen LogP contribution in [0.2, 0.25) is 0 Å². The minimum atomic E-state index is -0.150. The highest BCUT2D eigenvalue weighted by atomic mass is 16.2. The number of nitrogens with zero attached hydrogens (tertiary/aromatic N) is 1. The predicted molar refractivity (Wildman–Crippen MR) is 78.0 cm³/mol. The summed E-state index contributed by atoms with van der Waals surface area (Å²) in [5, 5.41) is 5.84. The van der Waals surface area contributed by atoms with Crippen molar-refractivity contribution in [3.05, 3.63) is 23.9 Å². The summed E-state index contributed by atoms with van der Waals surface area (Å²) in [5.74, 6) is 0.199. The first-order valence-electron chi connectivity index (χ1n) is 7.41. The van der Waals surface area contributed by atoms with Crippen LogP contribution in [-0.2, 0) is 4.79 Å². The molecule has 1 fully saturated rings. The third-order valence-corrected chi connectivity index (χ3v) is 3.74. The second kappa shape index (κ2) is 7.12. The molecule has 0 radical (unpaired) electrons. The zero-order valence-corrected chi connectivity index (χ0v) is 12.0. The van der Waals surface area contributed by atoms with Crippen LogP contribution in [0.5, 0.6) is 0 Å². The lowest BCUT2D eigenvalue weighted by Crippen LogP contribution is -2.48. The number of hydrogen-bond acceptors (Lipinski definition) is 2. The lowest BCUT2D eigenvalue weighted by molar-refractivity contribution is -0.131. The highest BCUT2D eigenvalue weighted by molar-refractivity contribution is 5.77. The van der Waals surface area contributed by atoms with Crippen LogP contribution in [0.1, 0.15) is 39.0 Å². The monoisotopic (exact) mass is 277 g/mol. The molecule has 2 aliphatic rings. The maximum Gasteiger partial charge on any atom is 0.319 e. The Kier molecular flexibility index (Phi) is 5.21. The molecule has 1 saturated heterocycles. The maximum absolute atomic E-state index is 11.9. The lowest BCUT2D eigenvalue weighted by atomic mass is 10.0. The number of hydrogen-bond donors (Lipinski definition) is 2. The van der Waals surface area contributed by atoms with Gasteiger partial charge in [-0.2, -0.15) is 0 Å². The number of piperidine rings is 1. The quantitative estimate of drug-likeness (QED) is 0.828. The summed E-state index contributed by atoms with van der Waals surface area (Å²) in [7, 11) is 0. The summed E-state index contributed by atoms with van der Waals surface area (Å²) in [4.78, 5) is 25.3. The first kappa shape index (κ1) is 14.6. The van der Waals surface area contributed by atoms with Crippen LogP contribution in [0.25, 0.3) is 0 Å². The van der Waals surface area contributed by atoms with Crippen molar-refractivity contribution in [1.82, 2.24) is 15.5 Å². The van der Waals surface area contributed by atoms with E-state index < -0.39 is 0 Å². The van der Waals surface area contributed by atoms with Crippen molar-refractivity contribution < 1.29 is 9.59 Å². The SMILES string of the molecule is CCC(=O)N1CCC(NC(=O)NC2=CCCC=C2)CC1. The van der Waals surface area contributed by atoms with Gasteiger partial charge in [-0.25, -0.2) is 4.79 Å². The molecule has 1 aliphatic heterocycles. The van der Waals surface area contributed by atoms with Crippen LogP contribution in [0.15, 0.2) is 23.9 Å². The summed E-state index contributed by atoms with van der Waals surface area (Å²) in [5.41, 5.74) is 0.868. The van der Waals surface area contributed by atoms with Crippen LogP contribution in [0, 0.1) is 0 Å². The van der Waals surface area contributed by atoms with Gasteiger partial charge in [0, 0.05) is 31.2 Å². The van der Waals surface area contributed by atoms with Crippen LogP contribution >= 0.6 is 0 Å². The van der Waals surface area contributed by atoms with E-state index in [-0.39, 0.29) is 18.0 Å². The van der Waals surface area contributed by atoms with Gasteiger partial charge in [0.05, 0.1) is 0 Å². The van der Waals surface area contributed by atoms with E-state index in [0.29, 0.717) is 6.42 Å². The Bertz CT molecular complexity index is 421. The van der Waals surface area contributed by atoms with Crippen molar-refractivity contribution in [3.8, 4) is 0 Å². The van der Waals surface area contributed by atoms with E-state index >= 15 is 0 Å². The van der Waals surface area contributed by atoms with Crippen molar-refractivity contribution in [1.29, 1.82) is 0 Å². The second-order valence-electron chi connectivity index (χ2n) is 5.25. The van der Waals surface area contributed by atoms with Gasteiger partial charge in [0.25, 0.3) is 0 Å². The highest BCUT2D eigenvalue weighted by Gasteiger charge is 2.22. The van der Waals surface area contributed by atoms with Crippen LogP contribution in [0.4, 0.5) is 4.79 Å². The number of allylic oxidation sites excluding steroid dienone is 3. The molecule has 0 unspecified atom stereocenters. The summed E-state index contributed by atoms with van der Waals surface area (Å²) in [6.45, 7) is 3.35. The molecular weight excluding hydrogens is 254 g/mol. The van der Waals surface area contributed by atoms with Gasteiger partial charge >= 0.3 is 6.03 Å². The first-order chi connectivity index (χ1) is 9.69. The molecule has 1 heterocycles. The molecule has 0 saturated carbocycles. The first-order valence-corrected chi connectivity index (χ1v) is 7.41. The van der Waals surface area contributed by atoms with Crippen molar-refractivity contribution in [2.45, 2.75) is 45.1 Å². The largest absolute Gasteiger partial charge is 0.343 e. The Hall–Kier alpha value is -1.78. The molecule has 110 valence electrons. The number of urea groups is 1. The number of nitrogens with one attached hydrogen (secondary N) is 2. The molecule has 0 spiro atoms. The van der Waals surface area contributed by atoms with E-state index in [2.05, 4.69) is 16.7 Å². The molecule has 20 heavy (non-hydrogen) atoms. The average molecular weight is 277 g/mol. The Morgan fingerprint density at radius 2 is 2.05 bits per heavy atom. The highest BCUT2D eigenvalue weighted by Crippen LogP contribution is 2.12. The molecule has 5 heteroatoms. The Labute approximate surface area is 120 Å². The second-order valence-corrected chi connectivity index (χ2v) is 5.25. The summed E-state index contributed by atoms with van der Waals surface area (Å²) in [6.07, 6.45) is 10.2. The molecule has 0 atom stereocenters. The fourth-order valence-electron chi connectivity index (χ4n) is 2.56. The molecule has 5 nitrogen and oxygen atoms in total. The van der Waals surface area contributed by atoms with E-state index in [4.69, 9.17) is 0 Å². The number of rotatable bonds is 3. The van der Waals surface area contributed by atoms with E-state index in [0.717, 1.165) is 44.5 Å². The van der Waals surface area contributed by atoms with Gasteiger partial charge in [-0.1, -0.05) is 19.1 Å². The maximum atomic E-state index is 11.9. The Morgan fingerprint density at radius 3 is 2.65 bits per heavy atom. The van der Waals surface area contributed by atoms with Crippen LogP contribution in [0.3, 0.4) is 0 Å². The summed E-state index contributed by atoms with van der Waals surface area (Å²) in [6, 6.07) is 0.00662. The van der Waals surface area contributed by atoms with Gasteiger partial charge in [0.1, 0.15) is 0 Å². The summed E-state index contributed by atoms with van der Waals surface area (Å²) < 4.78 is 0. The number of amides is 3. The van der Waals surface area contributed by atoms with E-state index in [9.17, 15) is 9.59 Å². The van der Waals surface area contributed by atoms with Gasteiger partial charge in [0.15, 0.2) is 0 Å². The fourth-order valence-corrected chi connectivity index (χ4v) is 2.56. The molecule has 3 amide bonds. The van der Waals surface area contributed by atoms with Crippen molar-refractivity contribution in [2.24, 2.45) is 0 Å². The standard InChI is InChI=1S/C15H23N3O2/c1-2-14(19)18-10-8-13(9-11-18)17-15(20)16-12-6-4-3-5-7-12/h4,6-7,13H,2-3,5,8-11H2,1H3,(H2,16,17,20). The van der Waals surface area contributed by atoms with Gasteiger partial charge in [-0.05, 0) is 31.8 Å². The topological polar surface area (TPSA) is 61.4 Å². The van der Waals surface area contributed by atoms with E-state index in [1.165, 1.54) is 0 Å². The molecule has 0 aromatic carbocycles. The predicted octanol–water partition coefficient (Wildman–Crippen LogP) is 1.92. The van der Waals surface area contributed by atoms with E-state index in [1.807, 2.05) is 24.0 Å². The third kappa shape index (κ3) is 4.11. The zero-order valence-electron chi connectivity index (χ0n) is 12.0. The van der Waals surface area contributed by atoms with Crippen molar-refractivity contribution in [2.75, 3.05) is 13.1 Å². The summed E-state index contributed by atoms with van der Waals surface area (Å²) >= 11 is 0. The van der Waals surface area contributed by atoms with Gasteiger partial charge in [0.2, 0.25) is 5.91 Å². The average Bonchev–Trinajstić information content (AvgIpc) is 2.48. The Morgan fingerprint density at radius 1 is 1.30 bits per heavy atom. The number of carbonyl (C=O) groups is 2. The van der Waals surface area contributed by atoms with Crippen molar-refractivity contribution in [3.63, 3.8) is 0 Å². The van der Waals surface area contributed by atoms with Gasteiger partial charge in [-0.15, -0.1) is 0 Å². The van der Waals surface area contributed by atoms with Crippen LogP contribution < -0.4 is 10.6 Å². The lowest BCUT2D eigenvalue weighted by Gasteiger charge is -2.32. The molecular formula is C15H23N3O2. The molecule has 0 aromatic rings. The van der Waals surface area contributed by atoms with Crippen LogP contribution in [-0.4, -0.2) is 36.0 Å². The minimum Gasteiger partial charge on any atom is -0.343 e. The van der Waals surface area contributed by atoms with Gasteiger partial charge in [-0.3, -0.25) is 4.79 Å². The zero-order chi connectivity index (χ0) is 14.4. The molecule has 0 bridgehead atoms. The molecule has 1 aliphatic carbocycles. The normalized spacial score (nSPS) is 19.4.